The second kappa shape index (κ2) is 8.81. The van der Waals surface area contributed by atoms with Gasteiger partial charge >= 0.3 is 0 Å². The van der Waals surface area contributed by atoms with Crippen LogP contribution in [0.2, 0.25) is 0 Å². The number of amides is 1. The van der Waals surface area contributed by atoms with Gasteiger partial charge in [0.25, 0.3) is 5.56 Å². The van der Waals surface area contributed by atoms with Crippen LogP contribution in [-0.4, -0.2) is 28.2 Å². The number of hydrogen-bond donors (Lipinski definition) is 2. The first-order valence-corrected chi connectivity index (χ1v) is 12.6. The molecule has 174 valence electrons. The number of methoxy groups -OCH3 is 1. The van der Waals surface area contributed by atoms with Crippen molar-refractivity contribution in [1.29, 1.82) is 0 Å². The van der Waals surface area contributed by atoms with E-state index in [-0.39, 0.29) is 16.7 Å². The highest BCUT2D eigenvalue weighted by molar-refractivity contribution is 7.99. The molecular formula is C25H23N3O4S2. The van der Waals surface area contributed by atoms with Crippen LogP contribution >= 0.6 is 23.1 Å². The summed E-state index contributed by atoms with van der Waals surface area (Å²) in [6, 6.07) is 11.4. The normalized spacial score (nSPS) is 12.5. The quantitative estimate of drug-likeness (QED) is 0.312. The number of fused-ring (bicyclic) bond motifs is 4. The molecule has 0 saturated heterocycles. The van der Waals surface area contributed by atoms with Crippen LogP contribution in [0.3, 0.4) is 0 Å². The second-order valence-corrected chi connectivity index (χ2v) is 10.6. The zero-order chi connectivity index (χ0) is 24.0. The van der Waals surface area contributed by atoms with Crippen LogP contribution in [0.1, 0.15) is 23.2 Å². The maximum absolute atomic E-state index is 12.9. The van der Waals surface area contributed by atoms with Gasteiger partial charge in [0, 0.05) is 21.7 Å². The van der Waals surface area contributed by atoms with Gasteiger partial charge in [0.05, 0.1) is 29.2 Å². The van der Waals surface area contributed by atoms with Crippen LogP contribution in [-0.2, 0) is 10.5 Å². The number of H-pyrrole nitrogens is 1. The lowest BCUT2D eigenvalue weighted by molar-refractivity contribution is -0.115. The molecule has 3 heterocycles. The van der Waals surface area contributed by atoms with E-state index in [1.807, 2.05) is 51.1 Å². The minimum absolute atomic E-state index is 0.136. The molecule has 0 fully saturated rings. The van der Waals surface area contributed by atoms with E-state index in [9.17, 15) is 9.59 Å². The number of nitrogens with zero attached hydrogens (tertiary/aromatic N) is 1. The maximum Gasteiger partial charge on any atom is 0.259 e. The lowest BCUT2D eigenvalue weighted by Gasteiger charge is -2.14. The first-order chi connectivity index (χ1) is 16.4. The van der Waals surface area contributed by atoms with Gasteiger partial charge in [0.1, 0.15) is 27.6 Å². The summed E-state index contributed by atoms with van der Waals surface area (Å²) in [5.41, 5.74) is 2.83. The van der Waals surface area contributed by atoms with Crippen molar-refractivity contribution in [3.8, 4) is 5.75 Å². The molecule has 0 aliphatic carbocycles. The number of para-hydroxylation sites is 1. The maximum atomic E-state index is 12.9. The fourth-order valence-electron chi connectivity index (χ4n) is 3.90. The number of thiophene rings is 1. The minimum Gasteiger partial charge on any atom is -0.495 e. The number of carbonyl (C=O) groups is 1. The molecule has 1 amide bonds. The van der Waals surface area contributed by atoms with E-state index in [1.54, 1.807) is 13.2 Å². The van der Waals surface area contributed by atoms with E-state index < -0.39 is 0 Å². The van der Waals surface area contributed by atoms with Gasteiger partial charge in [-0.25, -0.2) is 4.98 Å². The fourth-order valence-corrected chi connectivity index (χ4v) is 5.70. The molecule has 0 bridgehead atoms. The minimum atomic E-state index is -0.385. The Hall–Kier alpha value is -3.30. The highest BCUT2D eigenvalue weighted by Crippen LogP contribution is 2.36. The largest absolute Gasteiger partial charge is 0.495 e. The molecule has 0 saturated carbocycles. The summed E-state index contributed by atoms with van der Waals surface area (Å²) in [7, 11) is 1.57. The highest BCUT2D eigenvalue weighted by Gasteiger charge is 2.19. The number of benzene rings is 2. The van der Waals surface area contributed by atoms with Crippen molar-refractivity contribution >= 4 is 66.8 Å². The van der Waals surface area contributed by atoms with Gasteiger partial charge in [-0.05, 0) is 38.5 Å². The summed E-state index contributed by atoms with van der Waals surface area (Å²) in [6.07, 6.45) is 0. The SMILES string of the molecule is COc1cc2c(cc1NC(=O)C(C)SCc1nc3sc(C)c(C)c3c(=O)[nH]1)oc1ccccc12. The predicted octanol–water partition coefficient (Wildman–Crippen LogP) is 5.77. The molecular weight excluding hydrogens is 470 g/mol. The van der Waals surface area contributed by atoms with Gasteiger partial charge in [0.2, 0.25) is 5.91 Å². The van der Waals surface area contributed by atoms with E-state index >= 15 is 0 Å². The number of aryl methyl sites for hydroxylation is 2. The topological polar surface area (TPSA) is 97.2 Å². The Kier molecular flexibility index (Phi) is 5.83. The third kappa shape index (κ3) is 3.95. The number of anilines is 1. The Bertz CT molecular complexity index is 1620. The van der Waals surface area contributed by atoms with Gasteiger partial charge in [-0.2, -0.15) is 0 Å². The Morgan fingerprint density at radius 1 is 1.24 bits per heavy atom. The summed E-state index contributed by atoms with van der Waals surface area (Å²) in [5.74, 6) is 1.36. The zero-order valence-corrected chi connectivity index (χ0v) is 20.8. The Labute approximate surface area is 203 Å². The monoisotopic (exact) mass is 493 g/mol. The molecule has 0 aliphatic heterocycles. The van der Waals surface area contributed by atoms with E-state index in [1.165, 1.54) is 23.1 Å². The van der Waals surface area contributed by atoms with Crippen LogP contribution in [0.25, 0.3) is 32.2 Å². The highest BCUT2D eigenvalue weighted by atomic mass is 32.2. The summed E-state index contributed by atoms with van der Waals surface area (Å²) < 4.78 is 11.5. The summed E-state index contributed by atoms with van der Waals surface area (Å²) in [6.45, 7) is 5.74. The number of ether oxygens (including phenoxy) is 1. The number of carbonyl (C=O) groups excluding carboxylic acids is 1. The van der Waals surface area contributed by atoms with Crippen molar-refractivity contribution in [3.05, 3.63) is 63.0 Å². The molecule has 1 unspecified atom stereocenters. The average molecular weight is 494 g/mol. The Balaban J connectivity index is 1.33. The van der Waals surface area contributed by atoms with E-state index in [2.05, 4.69) is 15.3 Å². The zero-order valence-electron chi connectivity index (χ0n) is 19.1. The van der Waals surface area contributed by atoms with Crippen molar-refractivity contribution < 1.29 is 13.9 Å². The number of thioether (sulfide) groups is 1. The number of nitrogens with one attached hydrogen (secondary N) is 2. The van der Waals surface area contributed by atoms with Gasteiger partial charge in [-0.15, -0.1) is 23.1 Å². The summed E-state index contributed by atoms with van der Waals surface area (Å²) >= 11 is 2.92. The van der Waals surface area contributed by atoms with E-state index in [0.29, 0.717) is 34.0 Å². The number of hydrogen-bond acceptors (Lipinski definition) is 7. The Morgan fingerprint density at radius 2 is 2.03 bits per heavy atom. The van der Waals surface area contributed by atoms with Gasteiger partial charge in [0.15, 0.2) is 0 Å². The van der Waals surface area contributed by atoms with Crippen LogP contribution in [0, 0.1) is 13.8 Å². The fraction of sp³-hybridized carbons (Fsp3) is 0.240. The molecule has 2 aromatic carbocycles. The molecule has 5 aromatic rings. The van der Waals surface area contributed by atoms with Crippen LogP contribution in [0.15, 0.2) is 45.6 Å². The molecule has 7 nitrogen and oxygen atoms in total. The molecule has 3 aromatic heterocycles. The predicted molar refractivity (Wildman–Crippen MR) is 139 cm³/mol. The van der Waals surface area contributed by atoms with E-state index in [4.69, 9.17) is 9.15 Å². The van der Waals surface area contributed by atoms with Crippen LogP contribution < -0.4 is 15.6 Å². The average Bonchev–Trinajstić information content (AvgIpc) is 3.32. The van der Waals surface area contributed by atoms with Gasteiger partial charge in [-0.3, -0.25) is 9.59 Å². The first-order valence-electron chi connectivity index (χ1n) is 10.8. The van der Waals surface area contributed by atoms with Crippen LogP contribution in [0.5, 0.6) is 5.75 Å². The lowest BCUT2D eigenvalue weighted by Crippen LogP contribution is -2.23. The third-order valence-corrected chi connectivity index (χ3v) is 8.14. The van der Waals surface area contributed by atoms with Gasteiger partial charge in [-0.1, -0.05) is 18.2 Å². The van der Waals surface area contributed by atoms with E-state index in [0.717, 1.165) is 31.6 Å². The van der Waals surface area contributed by atoms with Crippen molar-refractivity contribution in [3.63, 3.8) is 0 Å². The van der Waals surface area contributed by atoms with Crippen molar-refractivity contribution in [2.24, 2.45) is 0 Å². The molecule has 0 radical (unpaired) electrons. The summed E-state index contributed by atoms with van der Waals surface area (Å²) in [4.78, 5) is 34.7. The molecule has 9 heteroatoms. The van der Waals surface area contributed by atoms with Crippen molar-refractivity contribution in [2.75, 3.05) is 12.4 Å². The number of aromatic nitrogens is 2. The van der Waals surface area contributed by atoms with Gasteiger partial charge < -0.3 is 19.5 Å². The number of furan rings is 1. The molecule has 5 rings (SSSR count). The first kappa shape index (κ1) is 22.5. The lowest BCUT2D eigenvalue weighted by atomic mass is 10.1. The number of rotatable bonds is 6. The number of aromatic amines is 1. The molecule has 34 heavy (non-hydrogen) atoms. The summed E-state index contributed by atoms with van der Waals surface area (Å²) in [5, 5.41) is 5.13. The molecule has 0 aliphatic rings. The van der Waals surface area contributed by atoms with Crippen molar-refractivity contribution in [2.45, 2.75) is 31.8 Å². The Morgan fingerprint density at radius 3 is 2.82 bits per heavy atom. The standard InChI is InChI=1S/C25H23N3O4S2/c1-12-13(2)34-25-22(12)24(30)27-21(28-25)11-33-14(3)23(29)26-17-10-19-16(9-20(17)31-4)15-7-5-6-8-18(15)32-19/h5-10,14H,11H2,1-4H3,(H,26,29)(H,27,28,30). The van der Waals surface area contributed by atoms with Crippen molar-refractivity contribution in [1.82, 2.24) is 9.97 Å². The third-order valence-electron chi connectivity index (χ3n) is 5.88. The smallest absolute Gasteiger partial charge is 0.259 e. The second-order valence-electron chi connectivity index (χ2n) is 8.07. The molecule has 0 spiro atoms. The molecule has 2 N–H and O–H groups in total. The molecule has 1 atom stereocenters. The van der Waals surface area contributed by atoms with Crippen LogP contribution in [0.4, 0.5) is 5.69 Å².